The second kappa shape index (κ2) is 11.6. The Morgan fingerprint density at radius 3 is 2.71 bits per heavy atom. The van der Waals surface area contributed by atoms with Crippen LogP contribution in [-0.2, 0) is 0 Å². The van der Waals surface area contributed by atoms with Crippen LogP contribution in [0.5, 0.6) is 0 Å². The first kappa shape index (κ1) is 25.6. The molecule has 194 valence electrons. The number of allylic oxidation sites excluding steroid dienone is 12. The molecule has 1 saturated heterocycles. The summed E-state index contributed by atoms with van der Waals surface area (Å²) in [6, 6.07) is 4.09. The van der Waals surface area contributed by atoms with Gasteiger partial charge >= 0.3 is 0 Å². The van der Waals surface area contributed by atoms with Gasteiger partial charge in [-0.25, -0.2) is 9.97 Å². The number of pyridine rings is 1. The van der Waals surface area contributed by atoms with E-state index >= 15 is 0 Å². The second-order valence-electron chi connectivity index (χ2n) is 9.90. The van der Waals surface area contributed by atoms with E-state index in [0.29, 0.717) is 17.4 Å². The molecule has 0 spiro atoms. The summed E-state index contributed by atoms with van der Waals surface area (Å²) < 4.78 is 0. The lowest BCUT2D eigenvalue weighted by atomic mass is 9.90. The second-order valence-corrected chi connectivity index (χ2v) is 9.90. The van der Waals surface area contributed by atoms with Crippen molar-refractivity contribution in [1.29, 1.82) is 0 Å². The largest absolute Gasteiger partial charge is 0.340 e. The Labute approximate surface area is 224 Å². The van der Waals surface area contributed by atoms with Crippen LogP contribution in [0.4, 0.5) is 0 Å². The number of aryl methyl sites for hydroxylation is 1. The van der Waals surface area contributed by atoms with Crippen LogP contribution in [0.2, 0.25) is 0 Å². The molecule has 1 fully saturated rings. The fraction of sp³-hybridized carbons (Fsp3) is 0.281. The fourth-order valence-electron chi connectivity index (χ4n) is 5.27. The molecule has 0 radical (unpaired) electrons. The van der Waals surface area contributed by atoms with E-state index in [4.69, 9.17) is 9.97 Å². The van der Waals surface area contributed by atoms with E-state index in [1.54, 1.807) is 0 Å². The van der Waals surface area contributed by atoms with Crippen LogP contribution in [0.3, 0.4) is 0 Å². The smallest absolute Gasteiger partial charge is 0.161 e. The third kappa shape index (κ3) is 5.31. The van der Waals surface area contributed by atoms with Crippen molar-refractivity contribution in [3.8, 4) is 11.5 Å². The van der Waals surface area contributed by atoms with Crippen LogP contribution in [0.1, 0.15) is 49.7 Å². The number of nitrogens with zero attached hydrogens (tertiary/aromatic N) is 3. The lowest BCUT2D eigenvalue weighted by molar-refractivity contribution is 0.374. The number of hydrogen-bond acceptors (Lipinski definition) is 4. The zero-order valence-electron chi connectivity index (χ0n) is 22.3. The Morgan fingerprint density at radius 2 is 2.00 bits per heavy atom. The van der Waals surface area contributed by atoms with Crippen LogP contribution in [0, 0.1) is 12.8 Å². The average Bonchev–Trinajstić information content (AvgIpc) is 3.70. The van der Waals surface area contributed by atoms with Gasteiger partial charge in [0.2, 0.25) is 0 Å². The number of nitrogens with one attached hydrogen (secondary N) is 3. The molecular weight excluding hydrogens is 468 g/mol. The Balaban J connectivity index is 1.48. The molecule has 0 bridgehead atoms. The molecule has 6 heteroatoms. The van der Waals surface area contributed by atoms with Gasteiger partial charge in [-0.1, -0.05) is 55.7 Å². The van der Waals surface area contributed by atoms with Crippen molar-refractivity contribution >= 4 is 22.2 Å². The van der Waals surface area contributed by atoms with Crippen LogP contribution in [0.25, 0.3) is 33.7 Å². The molecule has 4 heterocycles. The Bertz CT molecular complexity index is 1500. The third-order valence-electron chi connectivity index (χ3n) is 7.33. The maximum atomic E-state index is 5.05. The molecular formula is C32H36N6. The first-order chi connectivity index (χ1) is 18.6. The molecule has 0 atom stereocenters. The summed E-state index contributed by atoms with van der Waals surface area (Å²) in [6.07, 6.45) is 21.0. The highest BCUT2D eigenvalue weighted by molar-refractivity contribution is 5.91. The van der Waals surface area contributed by atoms with Crippen LogP contribution >= 0.6 is 0 Å². The van der Waals surface area contributed by atoms with Crippen molar-refractivity contribution in [3.05, 3.63) is 102 Å². The minimum Gasteiger partial charge on any atom is -0.340 e. The van der Waals surface area contributed by atoms with Crippen molar-refractivity contribution < 1.29 is 0 Å². The van der Waals surface area contributed by atoms with E-state index in [1.165, 1.54) is 18.4 Å². The molecule has 1 aliphatic carbocycles. The van der Waals surface area contributed by atoms with Gasteiger partial charge in [-0.3, -0.25) is 5.10 Å². The molecule has 3 N–H and O–H groups in total. The van der Waals surface area contributed by atoms with Crippen LogP contribution in [0.15, 0.2) is 85.0 Å². The zero-order chi connectivity index (χ0) is 26.5. The number of rotatable bonds is 9. The Hall–Kier alpha value is -4.03. The molecule has 0 amide bonds. The molecule has 0 aromatic carbocycles. The van der Waals surface area contributed by atoms with Gasteiger partial charge in [-0.2, -0.15) is 5.10 Å². The average molecular weight is 505 g/mol. The molecule has 2 aliphatic rings. The van der Waals surface area contributed by atoms with Crippen molar-refractivity contribution in [2.24, 2.45) is 5.92 Å². The van der Waals surface area contributed by atoms with Crippen LogP contribution in [-0.4, -0.2) is 38.2 Å². The zero-order valence-corrected chi connectivity index (χ0v) is 22.3. The van der Waals surface area contributed by atoms with Gasteiger partial charge in [0, 0.05) is 11.3 Å². The fourth-order valence-corrected chi connectivity index (χ4v) is 5.27. The van der Waals surface area contributed by atoms with E-state index in [1.807, 2.05) is 37.3 Å². The maximum absolute atomic E-state index is 5.05. The molecule has 6 nitrogen and oxygen atoms in total. The summed E-state index contributed by atoms with van der Waals surface area (Å²) in [6.45, 7) is 14.3. The van der Waals surface area contributed by atoms with E-state index in [0.717, 1.165) is 70.8 Å². The quantitative estimate of drug-likeness (QED) is 0.274. The van der Waals surface area contributed by atoms with Gasteiger partial charge in [0.15, 0.2) is 11.5 Å². The predicted molar refractivity (Wildman–Crippen MR) is 158 cm³/mol. The minimum atomic E-state index is 0.696. The number of hydrogen-bond donors (Lipinski definition) is 3. The number of H-pyrrole nitrogens is 2. The first-order valence-electron chi connectivity index (χ1n) is 13.4. The maximum Gasteiger partial charge on any atom is 0.161 e. The summed E-state index contributed by atoms with van der Waals surface area (Å²) in [5.41, 5.74) is 9.71. The van der Waals surface area contributed by atoms with Crippen molar-refractivity contribution in [3.63, 3.8) is 0 Å². The highest BCUT2D eigenvalue weighted by atomic mass is 15.2. The van der Waals surface area contributed by atoms with Gasteiger partial charge < -0.3 is 10.3 Å². The SMILES string of the molecule is C=C/C=C(/C1=CCC=C1)c1nc(-c2n[nH]c3ccc(C(/C=C(\C=C)CC4CCNCC4)=C/C)nc23)[nH]c1C. The first-order valence-corrected chi connectivity index (χ1v) is 13.4. The van der Waals surface area contributed by atoms with Gasteiger partial charge in [0.05, 0.1) is 16.9 Å². The number of aromatic nitrogens is 5. The van der Waals surface area contributed by atoms with Crippen molar-refractivity contribution in [1.82, 2.24) is 30.5 Å². The third-order valence-corrected chi connectivity index (χ3v) is 7.33. The molecule has 38 heavy (non-hydrogen) atoms. The van der Waals surface area contributed by atoms with E-state index in [9.17, 15) is 0 Å². The lowest BCUT2D eigenvalue weighted by Crippen LogP contribution is -2.27. The number of fused-ring (bicyclic) bond motifs is 1. The Morgan fingerprint density at radius 1 is 1.16 bits per heavy atom. The van der Waals surface area contributed by atoms with Gasteiger partial charge in [-0.15, -0.1) is 0 Å². The van der Waals surface area contributed by atoms with Gasteiger partial charge in [0.1, 0.15) is 5.52 Å². The molecule has 5 rings (SSSR count). The summed E-state index contributed by atoms with van der Waals surface area (Å²) >= 11 is 0. The highest BCUT2D eigenvalue weighted by Crippen LogP contribution is 2.32. The standard InChI is InChI=1S/C32H36N6/c1-5-10-26(25-11-8-9-12-25)29-21(4)34-32(36-29)31-30-28(37-38-31)14-13-27(35-30)24(7-3)20-22(6-2)19-23-15-17-33-18-16-23/h5-8,10-14,20,23,33H,1-2,9,15-19H2,3-4H3,(H,34,36)(H,37,38)/b22-20+,24-7+,26-10-. The molecule has 3 aromatic rings. The number of aromatic amines is 2. The highest BCUT2D eigenvalue weighted by Gasteiger charge is 2.20. The summed E-state index contributed by atoms with van der Waals surface area (Å²) in [4.78, 5) is 13.5. The van der Waals surface area contributed by atoms with E-state index in [-0.39, 0.29) is 0 Å². The predicted octanol–water partition coefficient (Wildman–Crippen LogP) is 7.02. The number of imidazole rings is 1. The van der Waals surface area contributed by atoms with Crippen molar-refractivity contribution in [2.75, 3.05) is 13.1 Å². The normalized spacial score (nSPS) is 17.3. The molecule has 3 aromatic heterocycles. The Kier molecular flexibility index (Phi) is 7.80. The summed E-state index contributed by atoms with van der Waals surface area (Å²) in [5.74, 6) is 1.39. The topological polar surface area (TPSA) is 82.3 Å². The molecule has 0 unspecified atom stereocenters. The monoisotopic (exact) mass is 504 g/mol. The minimum absolute atomic E-state index is 0.696. The van der Waals surface area contributed by atoms with Crippen molar-refractivity contribution in [2.45, 2.75) is 39.5 Å². The van der Waals surface area contributed by atoms with Crippen LogP contribution < -0.4 is 5.32 Å². The van der Waals surface area contributed by atoms with E-state index < -0.39 is 0 Å². The van der Waals surface area contributed by atoms with Gasteiger partial charge in [-0.05, 0) is 93.5 Å². The van der Waals surface area contributed by atoms with E-state index in [2.05, 4.69) is 71.0 Å². The molecule has 1 aliphatic heterocycles. The number of piperidine rings is 1. The lowest BCUT2D eigenvalue weighted by Gasteiger charge is -2.23. The summed E-state index contributed by atoms with van der Waals surface area (Å²) in [7, 11) is 0. The van der Waals surface area contributed by atoms with Gasteiger partial charge in [0.25, 0.3) is 0 Å². The molecule has 0 saturated carbocycles. The summed E-state index contributed by atoms with van der Waals surface area (Å²) in [5, 5.41) is 11.2.